The van der Waals surface area contributed by atoms with Crippen LogP contribution in [-0.4, -0.2) is 17.9 Å². The van der Waals surface area contributed by atoms with Crippen molar-refractivity contribution in [3.05, 3.63) is 59.2 Å². The zero-order valence-corrected chi connectivity index (χ0v) is 13.6. The van der Waals surface area contributed by atoms with Crippen LogP contribution in [-0.2, 0) is 16.0 Å². The van der Waals surface area contributed by atoms with Crippen molar-refractivity contribution in [3.63, 3.8) is 0 Å². The van der Waals surface area contributed by atoms with Gasteiger partial charge in [-0.05, 0) is 56.0 Å². The summed E-state index contributed by atoms with van der Waals surface area (Å²) in [7, 11) is 0. The van der Waals surface area contributed by atoms with E-state index in [9.17, 15) is 9.59 Å². The fraction of sp³-hybridized carbons (Fsp3) is 0.263. The van der Waals surface area contributed by atoms with Crippen molar-refractivity contribution in [2.24, 2.45) is 0 Å². The summed E-state index contributed by atoms with van der Waals surface area (Å²) in [5, 5.41) is 2.75. The van der Waals surface area contributed by atoms with Gasteiger partial charge in [-0.15, -0.1) is 0 Å². The second-order valence-electron chi connectivity index (χ2n) is 6.13. The Morgan fingerprint density at radius 2 is 1.87 bits per heavy atom. The first-order chi connectivity index (χ1) is 11.0. The summed E-state index contributed by atoms with van der Waals surface area (Å²) >= 11 is 0. The van der Waals surface area contributed by atoms with Crippen LogP contribution in [0.1, 0.15) is 23.6 Å². The molecular formula is C19H20N2O2. The molecule has 0 saturated heterocycles. The second-order valence-corrected chi connectivity index (χ2v) is 6.13. The number of carbonyl (C=O) groups excluding carboxylic acids is 2. The molecule has 118 valence electrons. The van der Waals surface area contributed by atoms with Gasteiger partial charge >= 0.3 is 11.8 Å². The molecule has 0 aliphatic carbocycles. The van der Waals surface area contributed by atoms with Gasteiger partial charge in [0.2, 0.25) is 0 Å². The molecule has 4 heteroatoms. The molecular weight excluding hydrogens is 288 g/mol. The average Bonchev–Trinajstić information content (AvgIpc) is 2.86. The quantitative estimate of drug-likeness (QED) is 0.822. The Labute approximate surface area is 136 Å². The molecule has 1 heterocycles. The van der Waals surface area contributed by atoms with Crippen LogP contribution in [0.4, 0.5) is 11.4 Å². The molecule has 1 N–H and O–H groups in total. The molecule has 0 aromatic heterocycles. The Hall–Kier alpha value is -2.62. The minimum atomic E-state index is -0.595. The van der Waals surface area contributed by atoms with E-state index in [4.69, 9.17) is 0 Å². The van der Waals surface area contributed by atoms with Gasteiger partial charge in [0.05, 0.1) is 0 Å². The van der Waals surface area contributed by atoms with E-state index in [1.54, 1.807) is 4.90 Å². The van der Waals surface area contributed by atoms with Crippen LogP contribution in [0, 0.1) is 13.8 Å². The van der Waals surface area contributed by atoms with Gasteiger partial charge in [0, 0.05) is 17.4 Å². The molecule has 1 aliphatic rings. The largest absolute Gasteiger partial charge is 0.318 e. The van der Waals surface area contributed by atoms with E-state index in [0.29, 0.717) is 5.69 Å². The maximum Gasteiger partial charge on any atom is 0.316 e. The molecule has 0 fully saturated rings. The van der Waals surface area contributed by atoms with Gasteiger partial charge in [-0.3, -0.25) is 9.59 Å². The smallest absolute Gasteiger partial charge is 0.316 e. The van der Waals surface area contributed by atoms with Crippen LogP contribution < -0.4 is 10.2 Å². The fourth-order valence-corrected chi connectivity index (χ4v) is 3.03. The summed E-state index contributed by atoms with van der Waals surface area (Å²) in [5.41, 5.74) is 4.60. The molecule has 23 heavy (non-hydrogen) atoms. The number of carbonyl (C=O) groups is 2. The van der Waals surface area contributed by atoms with E-state index in [1.165, 1.54) is 0 Å². The van der Waals surface area contributed by atoms with Crippen LogP contribution >= 0.6 is 0 Å². The van der Waals surface area contributed by atoms with Crippen molar-refractivity contribution in [2.45, 2.75) is 33.2 Å². The molecule has 0 saturated carbocycles. The van der Waals surface area contributed by atoms with Crippen molar-refractivity contribution in [1.29, 1.82) is 0 Å². The summed E-state index contributed by atoms with van der Waals surface area (Å²) in [5.74, 6) is -1.11. The molecule has 0 bridgehead atoms. The second kappa shape index (κ2) is 5.88. The molecule has 4 nitrogen and oxygen atoms in total. The van der Waals surface area contributed by atoms with Gasteiger partial charge in [-0.1, -0.05) is 30.3 Å². The Bertz CT molecular complexity index is 783. The summed E-state index contributed by atoms with van der Waals surface area (Å²) in [4.78, 5) is 26.6. The maximum absolute atomic E-state index is 12.6. The monoisotopic (exact) mass is 308 g/mol. The number of hydrogen-bond acceptors (Lipinski definition) is 2. The normalized spacial score (nSPS) is 16.1. The van der Waals surface area contributed by atoms with Crippen LogP contribution in [0.15, 0.2) is 42.5 Å². The van der Waals surface area contributed by atoms with Crippen LogP contribution in [0.25, 0.3) is 0 Å². The molecule has 2 aromatic carbocycles. The van der Waals surface area contributed by atoms with Crippen molar-refractivity contribution < 1.29 is 9.59 Å². The highest BCUT2D eigenvalue weighted by Gasteiger charge is 2.34. The zero-order chi connectivity index (χ0) is 16.6. The number of rotatable bonds is 1. The first-order valence-corrected chi connectivity index (χ1v) is 7.77. The molecule has 2 aromatic rings. The van der Waals surface area contributed by atoms with E-state index in [1.807, 2.05) is 63.2 Å². The van der Waals surface area contributed by atoms with E-state index >= 15 is 0 Å². The third-order valence-electron chi connectivity index (χ3n) is 4.26. The van der Waals surface area contributed by atoms with Crippen molar-refractivity contribution >= 4 is 23.2 Å². The summed E-state index contributed by atoms with van der Waals surface area (Å²) in [6, 6.07) is 13.5. The van der Waals surface area contributed by atoms with Crippen molar-refractivity contribution in [1.82, 2.24) is 0 Å². The van der Waals surface area contributed by atoms with Gasteiger partial charge in [0.25, 0.3) is 0 Å². The Kier molecular flexibility index (Phi) is 3.90. The SMILES string of the molecule is Cc1ccc(C)c(NC(=O)C(=O)N2c3ccccc3CC2C)c1. The number of aryl methyl sites for hydroxylation is 2. The Morgan fingerprint density at radius 1 is 1.13 bits per heavy atom. The van der Waals surface area contributed by atoms with Crippen molar-refractivity contribution in [3.8, 4) is 0 Å². The highest BCUT2D eigenvalue weighted by atomic mass is 16.2. The molecule has 0 radical (unpaired) electrons. The molecule has 1 aliphatic heterocycles. The third-order valence-corrected chi connectivity index (χ3v) is 4.26. The Morgan fingerprint density at radius 3 is 2.65 bits per heavy atom. The number of hydrogen-bond donors (Lipinski definition) is 1. The summed E-state index contributed by atoms with van der Waals surface area (Å²) < 4.78 is 0. The standard InChI is InChI=1S/C19H20N2O2/c1-12-8-9-13(2)16(10-12)20-18(22)19(23)21-14(3)11-15-6-4-5-7-17(15)21/h4-10,14H,11H2,1-3H3,(H,20,22). The lowest BCUT2D eigenvalue weighted by molar-refractivity contribution is -0.134. The number of nitrogens with one attached hydrogen (secondary N) is 1. The van der Waals surface area contributed by atoms with Gasteiger partial charge in [-0.2, -0.15) is 0 Å². The summed E-state index contributed by atoms with van der Waals surface area (Å²) in [6.45, 7) is 5.83. The van der Waals surface area contributed by atoms with Gasteiger partial charge < -0.3 is 10.2 Å². The Balaban J connectivity index is 1.83. The topological polar surface area (TPSA) is 49.4 Å². The van der Waals surface area contributed by atoms with E-state index < -0.39 is 11.8 Å². The number of amides is 2. The molecule has 1 atom stereocenters. The van der Waals surface area contributed by atoms with Gasteiger partial charge in [-0.25, -0.2) is 0 Å². The van der Waals surface area contributed by atoms with E-state index in [2.05, 4.69) is 5.32 Å². The molecule has 0 spiro atoms. The lowest BCUT2D eigenvalue weighted by Gasteiger charge is -2.22. The van der Waals surface area contributed by atoms with Crippen LogP contribution in [0.3, 0.4) is 0 Å². The predicted octanol–water partition coefficient (Wildman–Crippen LogP) is 3.22. The summed E-state index contributed by atoms with van der Waals surface area (Å²) in [6.07, 6.45) is 0.776. The van der Waals surface area contributed by atoms with E-state index in [0.717, 1.165) is 28.8 Å². The lowest BCUT2D eigenvalue weighted by atomic mass is 10.1. The van der Waals surface area contributed by atoms with Gasteiger partial charge in [0.1, 0.15) is 0 Å². The first-order valence-electron chi connectivity index (χ1n) is 7.77. The number of benzene rings is 2. The zero-order valence-electron chi connectivity index (χ0n) is 13.6. The molecule has 3 rings (SSSR count). The fourth-order valence-electron chi connectivity index (χ4n) is 3.03. The predicted molar refractivity (Wildman–Crippen MR) is 91.6 cm³/mol. The minimum absolute atomic E-state index is 0.00995. The molecule has 2 amide bonds. The van der Waals surface area contributed by atoms with Crippen LogP contribution in [0.2, 0.25) is 0 Å². The number of anilines is 2. The van der Waals surface area contributed by atoms with E-state index in [-0.39, 0.29) is 6.04 Å². The van der Waals surface area contributed by atoms with Gasteiger partial charge in [0.15, 0.2) is 0 Å². The number of fused-ring (bicyclic) bond motifs is 1. The highest BCUT2D eigenvalue weighted by molar-refractivity contribution is 6.44. The highest BCUT2D eigenvalue weighted by Crippen LogP contribution is 2.32. The number of para-hydroxylation sites is 1. The molecule has 1 unspecified atom stereocenters. The average molecular weight is 308 g/mol. The number of nitrogens with zero attached hydrogens (tertiary/aromatic N) is 1. The maximum atomic E-state index is 12.6. The van der Waals surface area contributed by atoms with Crippen LogP contribution in [0.5, 0.6) is 0 Å². The third kappa shape index (κ3) is 2.84. The minimum Gasteiger partial charge on any atom is -0.318 e. The first kappa shape index (κ1) is 15.3. The van der Waals surface area contributed by atoms with Crippen molar-refractivity contribution in [2.75, 3.05) is 10.2 Å². The lowest BCUT2D eigenvalue weighted by Crippen LogP contribution is -2.43.